The molecule has 1 aliphatic rings. The van der Waals surface area contributed by atoms with Gasteiger partial charge in [0.05, 0.1) is 12.1 Å². The van der Waals surface area contributed by atoms with Crippen molar-refractivity contribution in [2.24, 2.45) is 0 Å². The zero-order valence-electron chi connectivity index (χ0n) is 9.98. The molecular weight excluding hydrogens is 220 g/mol. The van der Waals surface area contributed by atoms with Gasteiger partial charge in [0.1, 0.15) is 12.0 Å². The number of carboxylic acids is 1. The molecule has 0 spiro atoms. The predicted molar refractivity (Wildman–Crippen MR) is 63.0 cm³/mol. The minimum absolute atomic E-state index is 0.205. The van der Waals surface area contributed by atoms with E-state index in [1.807, 2.05) is 0 Å². The van der Waals surface area contributed by atoms with Crippen LogP contribution in [0, 0.1) is 0 Å². The highest BCUT2D eigenvalue weighted by molar-refractivity contribution is 5.87. The highest BCUT2D eigenvalue weighted by Gasteiger charge is 2.25. The molecule has 1 fully saturated rings. The third kappa shape index (κ3) is 3.57. The summed E-state index contributed by atoms with van der Waals surface area (Å²) < 4.78 is 5.14. The van der Waals surface area contributed by atoms with Crippen LogP contribution in [0.2, 0.25) is 0 Å². The lowest BCUT2D eigenvalue weighted by Crippen LogP contribution is -2.30. The average Bonchev–Trinajstić information content (AvgIpc) is 3.03. The van der Waals surface area contributed by atoms with Crippen molar-refractivity contribution in [3.8, 4) is 0 Å². The molecule has 2 N–H and O–H groups in total. The van der Waals surface area contributed by atoms with Gasteiger partial charge in [-0.2, -0.15) is 0 Å². The summed E-state index contributed by atoms with van der Waals surface area (Å²) in [5.41, 5.74) is 0.205. The molecule has 5 nitrogen and oxygen atoms in total. The van der Waals surface area contributed by atoms with Crippen molar-refractivity contribution in [2.45, 2.75) is 25.4 Å². The lowest BCUT2D eigenvalue weighted by molar-refractivity contribution is 0.0696. The summed E-state index contributed by atoms with van der Waals surface area (Å²) in [5.74, 6) is -0.287. The third-order valence-corrected chi connectivity index (χ3v) is 3.01. The highest BCUT2D eigenvalue weighted by atomic mass is 16.4. The first-order valence-corrected chi connectivity index (χ1v) is 5.88. The maximum atomic E-state index is 10.6. The molecule has 94 valence electrons. The van der Waals surface area contributed by atoms with E-state index in [4.69, 9.17) is 9.52 Å². The number of hydrogen-bond acceptors (Lipinski definition) is 4. The van der Waals surface area contributed by atoms with E-state index in [9.17, 15) is 4.79 Å². The third-order valence-electron chi connectivity index (χ3n) is 3.01. The normalized spacial score (nSPS) is 15.4. The zero-order chi connectivity index (χ0) is 12.3. The molecule has 0 amide bonds. The molecule has 0 bridgehead atoms. The van der Waals surface area contributed by atoms with E-state index >= 15 is 0 Å². The quantitative estimate of drug-likeness (QED) is 0.698. The topological polar surface area (TPSA) is 65.7 Å². The van der Waals surface area contributed by atoms with Crippen molar-refractivity contribution < 1.29 is 14.3 Å². The Kier molecular flexibility index (Phi) is 3.81. The van der Waals surface area contributed by atoms with Gasteiger partial charge in [0.25, 0.3) is 0 Å². The van der Waals surface area contributed by atoms with Gasteiger partial charge < -0.3 is 19.7 Å². The van der Waals surface area contributed by atoms with E-state index in [1.165, 1.54) is 19.1 Å². The first-order valence-electron chi connectivity index (χ1n) is 5.88. The van der Waals surface area contributed by atoms with Crippen LogP contribution in [0.15, 0.2) is 16.7 Å². The minimum atomic E-state index is -0.950. The smallest absolute Gasteiger partial charge is 0.338 e. The lowest BCUT2D eigenvalue weighted by Gasteiger charge is -2.15. The number of likely N-dealkylation sites (N-methyl/N-ethyl adjacent to an activating group) is 1. The molecule has 1 aromatic rings. The highest BCUT2D eigenvalue weighted by Crippen LogP contribution is 2.24. The van der Waals surface area contributed by atoms with E-state index in [0.29, 0.717) is 12.3 Å². The number of nitrogens with zero attached hydrogens (tertiary/aromatic N) is 1. The summed E-state index contributed by atoms with van der Waals surface area (Å²) in [6, 6.07) is 2.33. The van der Waals surface area contributed by atoms with Crippen LogP contribution in [-0.2, 0) is 6.54 Å². The maximum Gasteiger partial charge on any atom is 0.338 e. The molecule has 1 aromatic heterocycles. The van der Waals surface area contributed by atoms with Gasteiger partial charge in [-0.25, -0.2) is 4.79 Å². The number of hydrogen-bond donors (Lipinski definition) is 2. The second-order valence-electron chi connectivity index (χ2n) is 4.50. The summed E-state index contributed by atoms with van der Waals surface area (Å²) in [6.45, 7) is 2.47. The first-order chi connectivity index (χ1) is 8.16. The second kappa shape index (κ2) is 5.33. The molecule has 1 aliphatic carbocycles. The Morgan fingerprint density at radius 3 is 3.00 bits per heavy atom. The average molecular weight is 238 g/mol. The second-order valence-corrected chi connectivity index (χ2v) is 4.50. The van der Waals surface area contributed by atoms with Crippen molar-refractivity contribution in [2.75, 3.05) is 20.1 Å². The summed E-state index contributed by atoms with van der Waals surface area (Å²) >= 11 is 0. The Balaban J connectivity index is 1.65. The number of carbonyl (C=O) groups is 1. The Labute approximate surface area is 100 Å². The predicted octanol–water partition coefficient (Wildman–Crippen LogP) is 1.16. The van der Waals surface area contributed by atoms with E-state index < -0.39 is 5.97 Å². The van der Waals surface area contributed by atoms with E-state index in [0.717, 1.165) is 19.1 Å². The zero-order valence-corrected chi connectivity index (χ0v) is 9.98. The number of furan rings is 1. The van der Waals surface area contributed by atoms with Gasteiger partial charge >= 0.3 is 5.97 Å². The number of aromatic carboxylic acids is 1. The summed E-state index contributed by atoms with van der Waals surface area (Å²) in [5, 5.41) is 12.0. The molecule has 0 aromatic carbocycles. The van der Waals surface area contributed by atoms with Crippen LogP contribution in [0.3, 0.4) is 0 Å². The van der Waals surface area contributed by atoms with Crippen molar-refractivity contribution in [1.29, 1.82) is 0 Å². The van der Waals surface area contributed by atoms with Crippen LogP contribution in [0.5, 0.6) is 0 Å². The Morgan fingerprint density at radius 2 is 2.41 bits per heavy atom. The van der Waals surface area contributed by atoms with Crippen LogP contribution < -0.4 is 5.32 Å². The first kappa shape index (κ1) is 12.1. The summed E-state index contributed by atoms with van der Waals surface area (Å²) in [4.78, 5) is 13.0. The molecule has 2 rings (SSSR count). The molecule has 1 saturated carbocycles. The van der Waals surface area contributed by atoms with Gasteiger partial charge in [-0.05, 0) is 26.0 Å². The van der Waals surface area contributed by atoms with E-state index in [-0.39, 0.29) is 5.56 Å². The molecule has 5 heteroatoms. The molecular formula is C12H18N2O3. The van der Waals surface area contributed by atoms with E-state index in [1.54, 1.807) is 6.07 Å². The fraction of sp³-hybridized carbons (Fsp3) is 0.583. The van der Waals surface area contributed by atoms with Gasteiger partial charge in [-0.15, -0.1) is 0 Å². The van der Waals surface area contributed by atoms with Gasteiger partial charge in [-0.3, -0.25) is 0 Å². The number of rotatable bonds is 7. The minimum Gasteiger partial charge on any atom is -0.478 e. The van der Waals surface area contributed by atoms with Crippen molar-refractivity contribution in [1.82, 2.24) is 10.2 Å². The van der Waals surface area contributed by atoms with Crippen LogP contribution in [0.1, 0.15) is 29.0 Å². The number of carboxylic acid groups (broad SMARTS) is 1. The van der Waals surface area contributed by atoms with Crippen LogP contribution >= 0.6 is 0 Å². The van der Waals surface area contributed by atoms with Gasteiger partial charge in [0.15, 0.2) is 0 Å². The Hall–Kier alpha value is -1.33. The van der Waals surface area contributed by atoms with E-state index in [2.05, 4.69) is 17.3 Å². The summed E-state index contributed by atoms with van der Waals surface area (Å²) in [7, 11) is 2.13. The lowest BCUT2D eigenvalue weighted by atomic mass is 10.3. The van der Waals surface area contributed by atoms with Crippen molar-refractivity contribution >= 4 is 5.97 Å². The molecule has 0 atom stereocenters. The molecule has 17 heavy (non-hydrogen) atoms. The largest absolute Gasteiger partial charge is 0.478 e. The maximum absolute atomic E-state index is 10.6. The van der Waals surface area contributed by atoms with Crippen molar-refractivity contribution in [3.05, 3.63) is 23.7 Å². The fourth-order valence-corrected chi connectivity index (χ4v) is 1.75. The van der Waals surface area contributed by atoms with Crippen molar-refractivity contribution in [3.63, 3.8) is 0 Å². The molecule has 0 unspecified atom stereocenters. The monoisotopic (exact) mass is 238 g/mol. The van der Waals surface area contributed by atoms with Crippen LogP contribution in [0.25, 0.3) is 0 Å². The van der Waals surface area contributed by atoms with Gasteiger partial charge in [0.2, 0.25) is 0 Å². The fourth-order valence-electron chi connectivity index (χ4n) is 1.75. The van der Waals surface area contributed by atoms with Crippen LogP contribution in [0.4, 0.5) is 0 Å². The van der Waals surface area contributed by atoms with Gasteiger partial charge in [0, 0.05) is 19.1 Å². The number of nitrogens with one attached hydrogen (secondary N) is 1. The van der Waals surface area contributed by atoms with Gasteiger partial charge in [-0.1, -0.05) is 0 Å². The SMILES string of the molecule is CN(CCNCc1cc(C(=O)O)co1)C1CC1. The molecule has 0 radical (unpaired) electrons. The van der Waals surface area contributed by atoms with Crippen LogP contribution in [-0.4, -0.2) is 42.2 Å². The Bertz CT molecular complexity index is 385. The molecule has 0 saturated heterocycles. The molecule has 1 heterocycles. The molecule has 0 aliphatic heterocycles. The Morgan fingerprint density at radius 1 is 1.65 bits per heavy atom. The summed E-state index contributed by atoms with van der Waals surface area (Å²) in [6.07, 6.45) is 3.91. The standard InChI is InChI=1S/C12H18N2O3/c1-14(10-2-3-10)5-4-13-7-11-6-9(8-17-11)12(15)16/h6,8,10,13H,2-5,7H2,1H3,(H,15,16).